The summed E-state index contributed by atoms with van der Waals surface area (Å²) in [6.07, 6.45) is 10.5. The third kappa shape index (κ3) is 5.84. The Balaban J connectivity index is 1.20. The van der Waals surface area contributed by atoms with Crippen LogP contribution in [0.1, 0.15) is 51.4 Å². The highest BCUT2D eigenvalue weighted by Crippen LogP contribution is 2.33. The summed E-state index contributed by atoms with van der Waals surface area (Å²) >= 11 is 1.61. The second-order valence-electron chi connectivity index (χ2n) is 11.2. The van der Waals surface area contributed by atoms with Crippen molar-refractivity contribution in [1.82, 2.24) is 9.55 Å². The standard InChI is InChI=1S/C33H37N5O3S/c1-21-26(8-6-9-27(21)36-32(39)30-18-22-7-4-5-10-29(22)42-30)23-17-28(33(40)37(2)20-23)35-31-12-11-24(19-34-31)38-15-13-25(41-3)14-16-38/h6,8-9,11-12,17-20,25H,4-5,7,10,13-16H2,1-3H3,(H,34,35)(H,36,39). The van der Waals surface area contributed by atoms with Crippen molar-refractivity contribution in [2.45, 2.75) is 51.6 Å². The van der Waals surface area contributed by atoms with Gasteiger partial charge in [-0.2, -0.15) is 0 Å². The molecule has 42 heavy (non-hydrogen) atoms. The van der Waals surface area contributed by atoms with Gasteiger partial charge in [0.15, 0.2) is 0 Å². The summed E-state index contributed by atoms with van der Waals surface area (Å²) in [6, 6.07) is 13.7. The highest BCUT2D eigenvalue weighted by atomic mass is 32.1. The lowest BCUT2D eigenvalue weighted by Gasteiger charge is -2.32. The predicted molar refractivity (Wildman–Crippen MR) is 171 cm³/mol. The number of nitrogens with one attached hydrogen (secondary N) is 2. The van der Waals surface area contributed by atoms with Gasteiger partial charge in [-0.3, -0.25) is 9.59 Å². The predicted octanol–water partition coefficient (Wildman–Crippen LogP) is 6.31. The number of benzene rings is 1. The van der Waals surface area contributed by atoms with Crippen LogP contribution >= 0.6 is 11.3 Å². The maximum atomic E-state index is 13.2. The van der Waals surface area contributed by atoms with E-state index in [2.05, 4.69) is 26.6 Å². The van der Waals surface area contributed by atoms with Crippen molar-refractivity contribution in [2.24, 2.45) is 7.05 Å². The molecule has 4 heterocycles. The third-order valence-electron chi connectivity index (χ3n) is 8.45. The summed E-state index contributed by atoms with van der Waals surface area (Å²) in [6.45, 7) is 3.87. The van der Waals surface area contributed by atoms with Crippen molar-refractivity contribution in [3.63, 3.8) is 0 Å². The number of carbonyl (C=O) groups is 1. The van der Waals surface area contributed by atoms with Crippen LogP contribution in [0, 0.1) is 6.92 Å². The molecular weight excluding hydrogens is 546 g/mol. The molecule has 1 aliphatic carbocycles. The Kier molecular flexibility index (Phi) is 8.13. The largest absolute Gasteiger partial charge is 0.381 e. The summed E-state index contributed by atoms with van der Waals surface area (Å²) in [5.74, 6) is 0.534. The average Bonchev–Trinajstić information content (AvgIpc) is 3.46. The van der Waals surface area contributed by atoms with E-state index in [-0.39, 0.29) is 11.5 Å². The Morgan fingerprint density at radius 2 is 1.88 bits per heavy atom. The molecule has 0 radical (unpaired) electrons. The molecule has 1 aliphatic heterocycles. The van der Waals surface area contributed by atoms with Crippen molar-refractivity contribution >= 4 is 40.1 Å². The third-order valence-corrected chi connectivity index (χ3v) is 9.68. The van der Waals surface area contributed by atoms with Gasteiger partial charge in [-0.1, -0.05) is 12.1 Å². The van der Waals surface area contributed by atoms with Gasteiger partial charge in [0.25, 0.3) is 11.5 Å². The number of nitrogens with zero attached hydrogens (tertiary/aromatic N) is 3. The van der Waals surface area contributed by atoms with Crippen molar-refractivity contribution in [3.8, 4) is 11.1 Å². The first-order valence-corrected chi connectivity index (χ1v) is 15.5. The topological polar surface area (TPSA) is 88.5 Å². The number of hydrogen-bond donors (Lipinski definition) is 2. The van der Waals surface area contributed by atoms with Crippen LogP contribution in [0.25, 0.3) is 11.1 Å². The second kappa shape index (κ2) is 12.1. The lowest BCUT2D eigenvalue weighted by atomic mass is 9.99. The Morgan fingerprint density at radius 3 is 2.62 bits per heavy atom. The van der Waals surface area contributed by atoms with E-state index in [4.69, 9.17) is 4.74 Å². The number of anilines is 4. The Hall–Kier alpha value is -3.95. The smallest absolute Gasteiger partial charge is 0.274 e. The second-order valence-corrected chi connectivity index (χ2v) is 12.3. The average molecular weight is 584 g/mol. The number of hydrogen-bond acceptors (Lipinski definition) is 7. The molecule has 1 aromatic carbocycles. The Labute approximate surface area is 250 Å². The fourth-order valence-corrected chi connectivity index (χ4v) is 7.10. The van der Waals surface area contributed by atoms with Gasteiger partial charge in [-0.05, 0) is 92.5 Å². The monoisotopic (exact) mass is 583 g/mol. The molecule has 2 aliphatic rings. The molecule has 0 spiro atoms. The minimum atomic E-state index is -0.143. The van der Waals surface area contributed by atoms with Crippen molar-refractivity contribution in [3.05, 3.63) is 86.1 Å². The number of piperidine rings is 1. The molecule has 1 fully saturated rings. The van der Waals surface area contributed by atoms with Crippen LogP contribution in [0.4, 0.5) is 22.9 Å². The molecule has 8 nitrogen and oxygen atoms in total. The van der Waals surface area contributed by atoms with Crippen LogP contribution in [0.15, 0.2) is 59.7 Å². The van der Waals surface area contributed by atoms with E-state index in [0.717, 1.165) is 71.7 Å². The van der Waals surface area contributed by atoms with Gasteiger partial charge in [0.1, 0.15) is 11.5 Å². The summed E-state index contributed by atoms with van der Waals surface area (Å²) < 4.78 is 7.06. The molecule has 0 atom stereocenters. The van der Waals surface area contributed by atoms with Crippen LogP contribution in [0.2, 0.25) is 0 Å². The maximum Gasteiger partial charge on any atom is 0.274 e. The highest BCUT2D eigenvalue weighted by Gasteiger charge is 2.20. The summed E-state index contributed by atoms with van der Waals surface area (Å²) in [5.41, 5.74) is 6.20. The lowest BCUT2D eigenvalue weighted by Crippen LogP contribution is -2.36. The van der Waals surface area contributed by atoms with E-state index < -0.39 is 0 Å². The number of aryl methyl sites for hydroxylation is 3. The molecule has 1 saturated heterocycles. The zero-order valence-corrected chi connectivity index (χ0v) is 25.2. The van der Waals surface area contributed by atoms with E-state index >= 15 is 0 Å². The first kappa shape index (κ1) is 28.2. The van der Waals surface area contributed by atoms with Crippen LogP contribution < -0.4 is 21.1 Å². The maximum absolute atomic E-state index is 13.2. The normalized spacial score (nSPS) is 15.4. The molecule has 0 unspecified atom stereocenters. The van der Waals surface area contributed by atoms with E-state index in [1.165, 1.54) is 23.3 Å². The van der Waals surface area contributed by atoms with E-state index in [1.807, 2.05) is 55.7 Å². The zero-order chi connectivity index (χ0) is 29.2. The number of rotatable bonds is 7. The van der Waals surface area contributed by atoms with E-state index in [0.29, 0.717) is 17.6 Å². The van der Waals surface area contributed by atoms with Gasteiger partial charge in [-0.25, -0.2) is 4.98 Å². The SMILES string of the molecule is COC1CCN(c2ccc(Nc3cc(-c4cccc(NC(=O)c5cc6c(s5)CCCC6)c4C)cn(C)c3=O)nc2)CC1. The molecule has 2 N–H and O–H groups in total. The molecule has 6 rings (SSSR count). The molecule has 1 amide bonds. The molecular formula is C33H37N5O3S. The van der Waals surface area contributed by atoms with Crippen LogP contribution in [0.5, 0.6) is 0 Å². The van der Waals surface area contributed by atoms with Crippen molar-refractivity contribution < 1.29 is 9.53 Å². The number of pyridine rings is 2. The summed E-state index contributed by atoms with van der Waals surface area (Å²) in [7, 11) is 3.52. The van der Waals surface area contributed by atoms with Gasteiger partial charge in [0, 0.05) is 49.6 Å². The van der Waals surface area contributed by atoms with Gasteiger partial charge in [0.05, 0.1) is 22.9 Å². The molecule has 9 heteroatoms. The Morgan fingerprint density at radius 1 is 1.07 bits per heavy atom. The molecule has 3 aromatic heterocycles. The van der Waals surface area contributed by atoms with E-state index in [9.17, 15) is 9.59 Å². The van der Waals surface area contributed by atoms with Gasteiger partial charge in [0.2, 0.25) is 0 Å². The first-order valence-electron chi connectivity index (χ1n) is 14.6. The zero-order valence-electron chi connectivity index (χ0n) is 24.4. The van der Waals surface area contributed by atoms with Gasteiger partial charge >= 0.3 is 0 Å². The van der Waals surface area contributed by atoms with Crippen LogP contribution in [-0.4, -0.2) is 41.8 Å². The van der Waals surface area contributed by atoms with Gasteiger partial charge in [-0.15, -0.1) is 11.3 Å². The van der Waals surface area contributed by atoms with Crippen molar-refractivity contribution in [2.75, 3.05) is 35.7 Å². The fraction of sp³-hybridized carbons (Fsp3) is 0.364. The molecule has 0 bridgehead atoms. The van der Waals surface area contributed by atoms with Crippen LogP contribution in [0.3, 0.4) is 0 Å². The van der Waals surface area contributed by atoms with Gasteiger partial charge < -0.3 is 24.8 Å². The lowest BCUT2D eigenvalue weighted by molar-refractivity contribution is 0.0819. The molecule has 4 aromatic rings. The highest BCUT2D eigenvalue weighted by molar-refractivity contribution is 7.14. The minimum Gasteiger partial charge on any atom is -0.381 e. The van der Waals surface area contributed by atoms with Crippen molar-refractivity contribution in [1.29, 1.82) is 0 Å². The van der Waals surface area contributed by atoms with E-state index in [1.54, 1.807) is 30.1 Å². The number of methoxy groups -OCH3 is 1. The number of ether oxygens (including phenoxy) is 1. The number of carbonyl (C=O) groups excluding carboxylic acids is 1. The number of fused-ring (bicyclic) bond motifs is 1. The summed E-state index contributed by atoms with van der Waals surface area (Å²) in [5, 5.41) is 6.36. The minimum absolute atomic E-state index is 0.0740. The Bertz CT molecular complexity index is 1630. The summed E-state index contributed by atoms with van der Waals surface area (Å²) in [4.78, 5) is 35.3. The number of amides is 1. The molecule has 218 valence electrons. The molecule has 0 saturated carbocycles. The fourth-order valence-electron chi connectivity index (χ4n) is 5.95. The van der Waals surface area contributed by atoms with Crippen LogP contribution in [-0.2, 0) is 24.6 Å². The quantitative estimate of drug-likeness (QED) is 0.265. The number of thiophene rings is 1. The number of aromatic nitrogens is 2. The first-order chi connectivity index (χ1) is 20.4.